The van der Waals surface area contributed by atoms with Gasteiger partial charge in [-0.15, -0.1) is 0 Å². The summed E-state index contributed by atoms with van der Waals surface area (Å²) < 4.78 is 6.14. The van der Waals surface area contributed by atoms with Gasteiger partial charge in [0.25, 0.3) is 0 Å². The van der Waals surface area contributed by atoms with Crippen LogP contribution < -0.4 is 4.90 Å². The lowest BCUT2D eigenvalue weighted by Crippen LogP contribution is -2.30. The summed E-state index contributed by atoms with van der Waals surface area (Å²) in [5, 5.41) is 0. The lowest BCUT2D eigenvalue weighted by Gasteiger charge is -2.22. The summed E-state index contributed by atoms with van der Waals surface area (Å²) in [5.41, 5.74) is 0. The van der Waals surface area contributed by atoms with E-state index in [0.29, 0.717) is 6.04 Å². The summed E-state index contributed by atoms with van der Waals surface area (Å²) in [6, 6.07) is 4.76. The molecule has 0 unspecified atom stereocenters. The maximum atomic E-state index is 5.12. The van der Waals surface area contributed by atoms with E-state index < -0.39 is 0 Å². The molecule has 1 saturated carbocycles. The first-order valence-electron chi connectivity index (χ1n) is 5.18. The van der Waals surface area contributed by atoms with E-state index in [2.05, 4.69) is 31.9 Å². The zero-order valence-electron chi connectivity index (χ0n) is 8.82. The number of methoxy groups -OCH3 is 1. The van der Waals surface area contributed by atoms with Gasteiger partial charge in [-0.3, -0.25) is 0 Å². The van der Waals surface area contributed by atoms with Gasteiger partial charge < -0.3 is 9.64 Å². The normalized spacial score (nSPS) is 15.3. The van der Waals surface area contributed by atoms with Crippen molar-refractivity contribution in [1.82, 2.24) is 4.98 Å². The van der Waals surface area contributed by atoms with Crippen LogP contribution in [0.5, 0.6) is 0 Å². The van der Waals surface area contributed by atoms with Crippen molar-refractivity contribution in [2.75, 3.05) is 25.2 Å². The minimum Gasteiger partial charge on any atom is -0.383 e. The quantitative estimate of drug-likeness (QED) is 0.822. The predicted octanol–water partition coefficient (Wildman–Crippen LogP) is 2.46. The Morgan fingerprint density at radius 2 is 2.33 bits per heavy atom. The van der Waals surface area contributed by atoms with Gasteiger partial charge in [0.15, 0.2) is 0 Å². The van der Waals surface area contributed by atoms with Crippen molar-refractivity contribution in [3.63, 3.8) is 0 Å². The Balaban J connectivity index is 2.06. The molecule has 0 atom stereocenters. The zero-order valence-corrected chi connectivity index (χ0v) is 10.4. The van der Waals surface area contributed by atoms with Gasteiger partial charge >= 0.3 is 0 Å². The van der Waals surface area contributed by atoms with Crippen LogP contribution in [0.1, 0.15) is 12.8 Å². The lowest BCUT2D eigenvalue weighted by atomic mass is 10.4. The van der Waals surface area contributed by atoms with E-state index in [-0.39, 0.29) is 0 Å². The standard InChI is InChI=1S/C11H15BrN2O/c1-15-7-6-14(10-3-4-10)11-5-2-9(12)8-13-11/h2,5,8,10H,3-4,6-7H2,1H3. The molecule has 1 aliphatic carbocycles. The fourth-order valence-corrected chi connectivity index (χ4v) is 1.83. The molecule has 0 N–H and O–H groups in total. The summed E-state index contributed by atoms with van der Waals surface area (Å²) >= 11 is 3.39. The molecule has 0 saturated heterocycles. The number of hydrogen-bond acceptors (Lipinski definition) is 3. The Morgan fingerprint density at radius 1 is 1.53 bits per heavy atom. The van der Waals surface area contributed by atoms with Crippen molar-refractivity contribution in [2.45, 2.75) is 18.9 Å². The number of anilines is 1. The smallest absolute Gasteiger partial charge is 0.128 e. The molecular formula is C11H15BrN2O. The molecule has 1 aromatic heterocycles. The van der Waals surface area contributed by atoms with Gasteiger partial charge in [-0.05, 0) is 40.9 Å². The first-order valence-corrected chi connectivity index (χ1v) is 5.97. The van der Waals surface area contributed by atoms with Crippen molar-refractivity contribution in [2.24, 2.45) is 0 Å². The molecule has 1 fully saturated rings. The third-order valence-corrected chi connectivity index (χ3v) is 3.00. The molecule has 0 radical (unpaired) electrons. The van der Waals surface area contributed by atoms with Crippen LogP contribution >= 0.6 is 15.9 Å². The van der Waals surface area contributed by atoms with E-state index in [1.807, 2.05) is 12.3 Å². The van der Waals surface area contributed by atoms with Crippen LogP contribution in [-0.4, -0.2) is 31.3 Å². The highest BCUT2D eigenvalue weighted by atomic mass is 79.9. The predicted molar refractivity (Wildman–Crippen MR) is 64.2 cm³/mol. The summed E-state index contributed by atoms with van der Waals surface area (Å²) in [7, 11) is 1.74. The number of pyridine rings is 1. The molecule has 3 nitrogen and oxygen atoms in total. The van der Waals surface area contributed by atoms with Crippen molar-refractivity contribution in [3.8, 4) is 0 Å². The highest BCUT2D eigenvalue weighted by molar-refractivity contribution is 9.10. The van der Waals surface area contributed by atoms with Crippen LogP contribution in [0.3, 0.4) is 0 Å². The average molecular weight is 271 g/mol. The van der Waals surface area contributed by atoms with Gasteiger partial charge in [-0.1, -0.05) is 0 Å². The van der Waals surface area contributed by atoms with E-state index >= 15 is 0 Å². The number of ether oxygens (including phenoxy) is 1. The maximum Gasteiger partial charge on any atom is 0.128 e. The summed E-state index contributed by atoms with van der Waals surface area (Å²) in [6.07, 6.45) is 4.40. The Bertz CT molecular complexity index is 311. The van der Waals surface area contributed by atoms with Crippen LogP contribution in [-0.2, 0) is 4.74 Å². The van der Waals surface area contributed by atoms with E-state index in [1.54, 1.807) is 7.11 Å². The second-order valence-corrected chi connectivity index (χ2v) is 4.67. The molecule has 1 aromatic rings. The molecule has 15 heavy (non-hydrogen) atoms. The summed E-state index contributed by atoms with van der Waals surface area (Å²) in [5.74, 6) is 1.05. The van der Waals surface area contributed by atoms with Crippen molar-refractivity contribution in [3.05, 3.63) is 22.8 Å². The van der Waals surface area contributed by atoms with Gasteiger partial charge in [0.1, 0.15) is 5.82 Å². The van der Waals surface area contributed by atoms with E-state index in [1.165, 1.54) is 12.8 Å². The molecular weight excluding hydrogens is 256 g/mol. The first-order chi connectivity index (χ1) is 7.31. The Morgan fingerprint density at radius 3 is 2.87 bits per heavy atom. The van der Waals surface area contributed by atoms with E-state index in [0.717, 1.165) is 23.4 Å². The monoisotopic (exact) mass is 270 g/mol. The molecule has 1 aliphatic rings. The Kier molecular flexibility index (Phi) is 3.59. The fourth-order valence-electron chi connectivity index (χ4n) is 1.60. The third-order valence-electron chi connectivity index (χ3n) is 2.53. The van der Waals surface area contributed by atoms with Crippen LogP contribution in [0.4, 0.5) is 5.82 Å². The SMILES string of the molecule is COCCN(c1ccc(Br)cn1)C1CC1. The molecule has 1 heterocycles. The zero-order chi connectivity index (χ0) is 10.7. The summed E-state index contributed by atoms with van der Waals surface area (Å²) in [6.45, 7) is 1.68. The molecule has 82 valence electrons. The average Bonchev–Trinajstić information content (AvgIpc) is 3.05. The van der Waals surface area contributed by atoms with E-state index in [4.69, 9.17) is 4.74 Å². The lowest BCUT2D eigenvalue weighted by molar-refractivity contribution is 0.204. The highest BCUT2D eigenvalue weighted by Gasteiger charge is 2.29. The number of halogens is 1. The number of aromatic nitrogens is 1. The first kappa shape index (κ1) is 10.9. The van der Waals surface area contributed by atoms with Gasteiger partial charge in [0, 0.05) is 30.4 Å². The second kappa shape index (κ2) is 4.94. The topological polar surface area (TPSA) is 25.4 Å². The number of rotatable bonds is 5. The summed E-state index contributed by atoms with van der Waals surface area (Å²) in [4.78, 5) is 6.75. The second-order valence-electron chi connectivity index (χ2n) is 3.75. The molecule has 0 amide bonds. The van der Waals surface area contributed by atoms with Crippen LogP contribution in [0.15, 0.2) is 22.8 Å². The molecule has 2 rings (SSSR count). The number of nitrogens with zero attached hydrogens (tertiary/aromatic N) is 2. The fraction of sp³-hybridized carbons (Fsp3) is 0.545. The van der Waals surface area contributed by atoms with Crippen LogP contribution in [0.2, 0.25) is 0 Å². The van der Waals surface area contributed by atoms with Gasteiger partial charge in [0.2, 0.25) is 0 Å². The molecule has 0 aliphatic heterocycles. The van der Waals surface area contributed by atoms with Gasteiger partial charge in [0.05, 0.1) is 6.61 Å². The molecule has 0 bridgehead atoms. The molecule has 4 heteroatoms. The van der Waals surface area contributed by atoms with Gasteiger partial charge in [-0.2, -0.15) is 0 Å². The van der Waals surface area contributed by atoms with Crippen molar-refractivity contribution < 1.29 is 4.74 Å². The van der Waals surface area contributed by atoms with Crippen LogP contribution in [0, 0.1) is 0 Å². The minimum absolute atomic E-state index is 0.675. The largest absolute Gasteiger partial charge is 0.383 e. The van der Waals surface area contributed by atoms with Crippen molar-refractivity contribution >= 4 is 21.7 Å². The van der Waals surface area contributed by atoms with Crippen LogP contribution in [0.25, 0.3) is 0 Å². The third kappa shape index (κ3) is 2.92. The van der Waals surface area contributed by atoms with E-state index in [9.17, 15) is 0 Å². The minimum atomic E-state index is 0.675. The number of hydrogen-bond donors (Lipinski definition) is 0. The van der Waals surface area contributed by atoms with Gasteiger partial charge in [-0.25, -0.2) is 4.98 Å². The molecule has 0 spiro atoms. The van der Waals surface area contributed by atoms with Crippen molar-refractivity contribution in [1.29, 1.82) is 0 Å². The highest BCUT2D eigenvalue weighted by Crippen LogP contribution is 2.30. The Labute approximate surface area is 98.6 Å². The molecule has 0 aromatic carbocycles. The maximum absolute atomic E-state index is 5.12. The Hall–Kier alpha value is -0.610.